The lowest BCUT2D eigenvalue weighted by atomic mass is 10.2. The lowest BCUT2D eigenvalue weighted by Crippen LogP contribution is -2.19. The molecule has 2 unspecified atom stereocenters. The summed E-state index contributed by atoms with van der Waals surface area (Å²) in [5.74, 6) is 1.09. The molecule has 0 amide bonds. The van der Waals surface area contributed by atoms with Crippen molar-refractivity contribution in [2.24, 2.45) is 0 Å². The molecule has 0 saturated carbocycles. The van der Waals surface area contributed by atoms with Crippen molar-refractivity contribution in [1.29, 1.82) is 0 Å². The van der Waals surface area contributed by atoms with Crippen LogP contribution in [0.5, 0.6) is 0 Å². The van der Waals surface area contributed by atoms with Crippen LogP contribution in [0, 0.1) is 0 Å². The number of aromatic nitrogens is 2. The summed E-state index contributed by atoms with van der Waals surface area (Å²) < 4.78 is 5.02. The first-order chi connectivity index (χ1) is 6.24. The van der Waals surface area contributed by atoms with E-state index in [1.165, 1.54) is 0 Å². The second-order valence-electron chi connectivity index (χ2n) is 3.17. The summed E-state index contributed by atoms with van der Waals surface area (Å²) in [6, 6.07) is 0.971. The Balaban J connectivity index is 1.91. The molecule has 1 aromatic heterocycles. The number of anilines is 2. The third kappa shape index (κ3) is 2.06. The predicted molar refractivity (Wildman–Crippen MR) is 52.7 cm³/mol. The largest absolute Gasteiger partial charge is 0.390 e. The van der Waals surface area contributed by atoms with Gasteiger partial charge in [0.15, 0.2) is 0 Å². The molecule has 1 aromatic rings. The van der Waals surface area contributed by atoms with E-state index in [9.17, 15) is 0 Å². The van der Waals surface area contributed by atoms with Gasteiger partial charge in [-0.2, -0.15) is 11.8 Å². The Morgan fingerprint density at radius 1 is 1.62 bits per heavy atom. The molecule has 2 rings (SSSR count). The van der Waals surface area contributed by atoms with Crippen molar-refractivity contribution < 1.29 is 4.42 Å². The van der Waals surface area contributed by atoms with Gasteiger partial charge in [-0.05, 0) is 6.42 Å². The van der Waals surface area contributed by atoms with Gasteiger partial charge < -0.3 is 15.5 Å². The quantitative estimate of drug-likeness (QED) is 0.740. The van der Waals surface area contributed by atoms with Crippen molar-refractivity contribution in [3.8, 4) is 0 Å². The van der Waals surface area contributed by atoms with Gasteiger partial charge in [0.1, 0.15) is 0 Å². The first-order valence-electron chi connectivity index (χ1n) is 4.21. The van der Waals surface area contributed by atoms with Crippen LogP contribution >= 0.6 is 11.8 Å². The van der Waals surface area contributed by atoms with Gasteiger partial charge in [0.25, 0.3) is 0 Å². The highest BCUT2D eigenvalue weighted by Crippen LogP contribution is 2.27. The molecule has 2 heterocycles. The zero-order valence-electron chi connectivity index (χ0n) is 7.36. The predicted octanol–water partition coefficient (Wildman–Crippen LogP) is 0.958. The zero-order chi connectivity index (χ0) is 9.26. The molecule has 5 nitrogen and oxygen atoms in total. The van der Waals surface area contributed by atoms with Gasteiger partial charge in [-0.3, -0.25) is 0 Å². The molecule has 0 aromatic carbocycles. The molecule has 6 heteroatoms. The summed E-state index contributed by atoms with van der Waals surface area (Å²) in [5.41, 5.74) is 5.29. The fourth-order valence-corrected chi connectivity index (χ4v) is 2.53. The molecule has 0 spiro atoms. The van der Waals surface area contributed by atoms with E-state index in [0.29, 0.717) is 17.3 Å². The fourth-order valence-electron chi connectivity index (χ4n) is 1.39. The maximum atomic E-state index is 5.29. The summed E-state index contributed by atoms with van der Waals surface area (Å²) >= 11 is 1.95. The summed E-state index contributed by atoms with van der Waals surface area (Å²) in [7, 11) is 0. The van der Waals surface area contributed by atoms with E-state index >= 15 is 0 Å². The van der Waals surface area contributed by atoms with E-state index in [4.69, 9.17) is 10.2 Å². The van der Waals surface area contributed by atoms with Crippen molar-refractivity contribution in [3.63, 3.8) is 0 Å². The lowest BCUT2D eigenvalue weighted by molar-refractivity contribution is 0.573. The fraction of sp³-hybridized carbons (Fsp3) is 0.714. The van der Waals surface area contributed by atoms with E-state index in [-0.39, 0.29) is 6.01 Å². The van der Waals surface area contributed by atoms with Gasteiger partial charge in [-0.1, -0.05) is 17.1 Å². The zero-order valence-corrected chi connectivity index (χ0v) is 8.17. The topological polar surface area (TPSA) is 77.0 Å². The third-order valence-electron chi connectivity index (χ3n) is 1.97. The summed E-state index contributed by atoms with van der Waals surface area (Å²) in [5, 5.41) is 11.2. The minimum atomic E-state index is 0.112. The van der Waals surface area contributed by atoms with Gasteiger partial charge in [0.2, 0.25) is 0 Å². The minimum absolute atomic E-state index is 0.112. The van der Waals surface area contributed by atoms with E-state index in [1.807, 2.05) is 11.8 Å². The Kier molecular flexibility index (Phi) is 2.30. The molecule has 1 fully saturated rings. The third-order valence-corrected chi connectivity index (χ3v) is 3.32. The SMILES string of the molecule is CC1CC(Nc2nnc(N)o2)CS1. The van der Waals surface area contributed by atoms with Crippen molar-refractivity contribution in [1.82, 2.24) is 10.2 Å². The maximum Gasteiger partial charge on any atom is 0.317 e. The first kappa shape index (κ1) is 8.68. The number of hydrogen-bond donors (Lipinski definition) is 2. The van der Waals surface area contributed by atoms with Gasteiger partial charge in [-0.25, -0.2) is 0 Å². The molecule has 1 saturated heterocycles. The molecule has 0 aliphatic carbocycles. The number of rotatable bonds is 2. The highest BCUT2D eigenvalue weighted by atomic mass is 32.2. The van der Waals surface area contributed by atoms with Gasteiger partial charge in [0, 0.05) is 17.0 Å². The second kappa shape index (κ2) is 3.45. The van der Waals surface area contributed by atoms with Crippen molar-refractivity contribution in [2.75, 3.05) is 16.8 Å². The molecule has 72 valence electrons. The van der Waals surface area contributed by atoms with Crippen LogP contribution in [0.2, 0.25) is 0 Å². The summed E-state index contributed by atoms with van der Waals surface area (Å²) in [6.45, 7) is 2.22. The van der Waals surface area contributed by atoms with Crippen LogP contribution < -0.4 is 11.1 Å². The molecule has 0 bridgehead atoms. The average Bonchev–Trinajstić information content (AvgIpc) is 2.62. The molecule has 2 atom stereocenters. The normalized spacial score (nSPS) is 27.8. The number of thioether (sulfide) groups is 1. The van der Waals surface area contributed by atoms with E-state index < -0.39 is 0 Å². The Labute approximate surface area is 80.5 Å². The number of nitrogens with two attached hydrogens (primary N) is 1. The highest BCUT2D eigenvalue weighted by Gasteiger charge is 2.22. The Morgan fingerprint density at radius 2 is 2.46 bits per heavy atom. The van der Waals surface area contributed by atoms with E-state index in [2.05, 4.69) is 22.4 Å². The van der Waals surface area contributed by atoms with Gasteiger partial charge in [0.05, 0.1) is 0 Å². The molecular formula is C7H12N4OS. The van der Waals surface area contributed by atoms with Crippen LogP contribution in [0.15, 0.2) is 4.42 Å². The second-order valence-corrected chi connectivity index (χ2v) is 4.64. The van der Waals surface area contributed by atoms with Crippen LogP contribution in [0.4, 0.5) is 12.0 Å². The van der Waals surface area contributed by atoms with Crippen LogP contribution in [-0.4, -0.2) is 27.2 Å². The lowest BCUT2D eigenvalue weighted by Gasteiger charge is -2.07. The first-order valence-corrected chi connectivity index (χ1v) is 5.26. The average molecular weight is 200 g/mol. The van der Waals surface area contributed by atoms with E-state index in [0.717, 1.165) is 12.2 Å². The molecular weight excluding hydrogens is 188 g/mol. The van der Waals surface area contributed by atoms with Crippen molar-refractivity contribution in [2.45, 2.75) is 24.6 Å². The monoisotopic (exact) mass is 200 g/mol. The van der Waals surface area contributed by atoms with Gasteiger partial charge >= 0.3 is 12.0 Å². The van der Waals surface area contributed by atoms with Crippen LogP contribution in [0.1, 0.15) is 13.3 Å². The van der Waals surface area contributed by atoms with Crippen molar-refractivity contribution >= 4 is 23.8 Å². The van der Waals surface area contributed by atoms with E-state index in [1.54, 1.807) is 0 Å². The Morgan fingerprint density at radius 3 is 3.00 bits per heavy atom. The molecule has 1 aliphatic heterocycles. The standard InChI is InChI=1S/C7H12N4OS/c1-4-2-5(3-13-4)9-7-11-10-6(8)12-7/h4-5H,2-3H2,1H3,(H2,8,10)(H,9,11). The molecule has 1 aliphatic rings. The smallest absolute Gasteiger partial charge is 0.317 e. The van der Waals surface area contributed by atoms with Crippen molar-refractivity contribution in [3.05, 3.63) is 0 Å². The number of nitrogens with one attached hydrogen (secondary N) is 1. The van der Waals surface area contributed by atoms with Gasteiger partial charge in [-0.15, -0.1) is 0 Å². The maximum absolute atomic E-state index is 5.29. The molecule has 0 radical (unpaired) electrons. The Bertz CT molecular complexity index is 290. The van der Waals surface area contributed by atoms with Crippen LogP contribution in [0.25, 0.3) is 0 Å². The van der Waals surface area contributed by atoms with Crippen LogP contribution in [0.3, 0.4) is 0 Å². The highest BCUT2D eigenvalue weighted by molar-refractivity contribution is 8.00. The Hall–Kier alpha value is -0.910. The number of nitrogens with zero attached hydrogens (tertiary/aromatic N) is 2. The summed E-state index contributed by atoms with van der Waals surface area (Å²) in [6.07, 6.45) is 1.13. The summed E-state index contributed by atoms with van der Waals surface area (Å²) in [4.78, 5) is 0. The number of nitrogen functional groups attached to an aromatic ring is 1. The number of hydrogen-bond acceptors (Lipinski definition) is 6. The molecule has 13 heavy (non-hydrogen) atoms. The minimum Gasteiger partial charge on any atom is -0.390 e. The molecule has 3 N–H and O–H groups in total. The van der Waals surface area contributed by atoms with Crippen LogP contribution in [-0.2, 0) is 0 Å².